The standard InChI is InChI=1S/C10H9BrN2O3/c1-4-3-12-6-5(7(4)14)10(15)13-9(11)8(6)16-2/h3H,1-2H3,(H,12,14)(H,13,15). The van der Waals surface area contributed by atoms with Crippen molar-refractivity contribution >= 4 is 26.8 Å². The van der Waals surface area contributed by atoms with Gasteiger partial charge in [0.25, 0.3) is 5.56 Å². The van der Waals surface area contributed by atoms with Crippen molar-refractivity contribution in [1.82, 2.24) is 9.97 Å². The summed E-state index contributed by atoms with van der Waals surface area (Å²) in [6.07, 6.45) is 1.55. The third kappa shape index (κ3) is 1.46. The minimum Gasteiger partial charge on any atom is -0.492 e. The first-order valence-electron chi connectivity index (χ1n) is 4.54. The zero-order valence-corrected chi connectivity index (χ0v) is 10.3. The Hall–Kier alpha value is -1.56. The molecule has 0 saturated carbocycles. The third-order valence-electron chi connectivity index (χ3n) is 2.35. The second-order valence-electron chi connectivity index (χ2n) is 3.35. The molecule has 0 amide bonds. The quantitative estimate of drug-likeness (QED) is 0.775. The first-order chi connectivity index (χ1) is 7.56. The fourth-order valence-electron chi connectivity index (χ4n) is 1.54. The number of rotatable bonds is 1. The predicted octanol–water partition coefficient (Wildman–Crippen LogP) is 1.30. The van der Waals surface area contributed by atoms with Crippen LogP contribution in [-0.4, -0.2) is 17.1 Å². The normalized spacial score (nSPS) is 10.7. The van der Waals surface area contributed by atoms with Crippen LogP contribution in [0.2, 0.25) is 0 Å². The molecule has 0 atom stereocenters. The summed E-state index contributed by atoms with van der Waals surface area (Å²) in [4.78, 5) is 28.9. The zero-order chi connectivity index (χ0) is 11.9. The maximum atomic E-state index is 11.8. The first kappa shape index (κ1) is 10.9. The van der Waals surface area contributed by atoms with E-state index in [1.54, 1.807) is 13.1 Å². The summed E-state index contributed by atoms with van der Waals surface area (Å²) in [6, 6.07) is 0. The second kappa shape index (κ2) is 3.79. The minimum atomic E-state index is -0.437. The number of aromatic amines is 2. The lowest BCUT2D eigenvalue weighted by Crippen LogP contribution is -2.19. The molecule has 0 aromatic carbocycles. The van der Waals surface area contributed by atoms with Gasteiger partial charge in [-0.2, -0.15) is 0 Å². The van der Waals surface area contributed by atoms with Crippen LogP contribution < -0.4 is 15.7 Å². The predicted molar refractivity (Wildman–Crippen MR) is 64.2 cm³/mol. The maximum absolute atomic E-state index is 11.8. The Morgan fingerprint density at radius 1 is 1.38 bits per heavy atom. The molecule has 2 aromatic rings. The molecule has 0 radical (unpaired) electrons. The van der Waals surface area contributed by atoms with Crippen molar-refractivity contribution in [2.45, 2.75) is 6.92 Å². The van der Waals surface area contributed by atoms with E-state index in [4.69, 9.17) is 4.74 Å². The van der Waals surface area contributed by atoms with E-state index in [9.17, 15) is 9.59 Å². The Balaban J connectivity index is 3.11. The second-order valence-corrected chi connectivity index (χ2v) is 4.15. The smallest absolute Gasteiger partial charge is 0.262 e. The number of nitrogens with one attached hydrogen (secondary N) is 2. The van der Waals surface area contributed by atoms with Gasteiger partial charge in [-0.25, -0.2) is 0 Å². The highest BCUT2D eigenvalue weighted by molar-refractivity contribution is 9.10. The number of hydrogen-bond acceptors (Lipinski definition) is 3. The van der Waals surface area contributed by atoms with Gasteiger partial charge in [-0.3, -0.25) is 9.59 Å². The largest absolute Gasteiger partial charge is 0.492 e. The van der Waals surface area contributed by atoms with Gasteiger partial charge in [-0.1, -0.05) is 0 Å². The van der Waals surface area contributed by atoms with Crippen LogP contribution in [0.3, 0.4) is 0 Å². The molecule has 84 valence electrons. The molecule has 0 aliphatic carbocycles. The van der Waals surface area contributed by atoms with Crippen molar-refractivity contribution in [2.75, 3.05) is 7.11 Å². The summed E-state index contributed by atoms with van der Waals surface area (Å²) < 4.78 is 5.53. The molecule has 2 heterocycles. The van der Waals surface area contributed by atoms with Gasteiger partial charge in [-0.05, 0) is 22.9 Å². The maximum Gasteiger partial charge on any atom is 0.262 e. The van der Waals surface area contributed by atoms with E-state index in [2.05, 4.69) is 25.9 Å². The summed E-state index contributed by atoms with van der Waals surface area (Å²) >= 11 is 3.17. The minimum absolute atomic E-state index is 0.0834. The molecule has 16 heavy (non-hydrogen) atoms. The molecular formula is C10H9BrN2O3. The number of methoxy groups -OCH3 is 1. The van der Waals surface area contributed by atoms with Crippen LogP contribution >= 0.6 is 15.9 Å². The molecule has 0 spiro atoms. The number of ether oxygens (including phenoxy) is 1. The Bertz CT molecular complexity index is 672. The van der Waals surface area contributed by atoms with Gasteiger partial charge in [0.2, 0.25) is 0 Å². The van der Waals surface area contributed by atoms with E-state index in [1.807, 2.05) is 0 Å². The van der Waals surface area contributed by atoms with E-state index in [1.165, 1.54) is 7.11 Å². The first-order valence-corrected chi connectivity index (χ1v) is 5.33. The van der Waals surface area contributed by atoms with Crippen LogP contribution in [-0.2, 0) is 0 Å². The van der Waals surface area contributed by atoms with Gasteiger partial charge in [-0.15, -0.1) is 0 Å². The van der Waals surface area contributed by atoms with Crippen LogP contribution in [0.15, 0.2) is 20.4 Å². The van der Waals surface area contributed by atoms with Gasteiger partial charge in [0.15, 0.2) is 11.2 Å². The lowest BCUT2D eigenvalue weighted by molar-refractivity contribution is 0.414. The number of aromatic nitrogens is 2. The molecular weight excluding hydrogens is 276 g/mol. The van der Waals surface area contributed by atoms with E-state index in [-0.39, 0.29) is 10.8 Å². The topological polar surface area (TPSA) is 75.0 Å². The molecule has 0 fully saturated rings. The summed E-state index contributed by atoms with van der Waals surface area (Å²) in [7, 11) is 1.47. The van der Waals surface area contributed by atoms with Gasteiger partial charge in [0.05, 0.1) is 7.11 Å². The van der Waals surface area contributed by atoms with Crippen molar-refractivity contribution in [3.05, 3.63) is 36.9 Å². The molecule has 5 nitrogen and oxygen atoms in total. The molecule has 2 aromatic heterocycles. The van der Waals surface area contributed by atoms with Gasteiger partial charge < -0.3 is 14.7 Å². The number of hydrogen-bond donors (Lipinski definition) is 2. The van der Waals surface area contributed by atoms with Crippen LogP contribution in [0.5, 0.6) is 5.75 Å². The van der Waals surface area contributed by atoms with Crippen LogP contribution in [0.25, 0.3) is 10.9 Å². The molecule has 0 aliphatic rings. The fourth-order valence-corrected chi connectivity index (χ4v) is 2.09. The summed E-state index contributed by atoms with van der Waals surface area (Å²) in [6.45, 7) is 1.65. The molecule has 2 rings (SSSR count). The molecule has 0 saturated heterocycles. The average molecular weight is 285 g/mol. The molecule has 0 bridgehead atoms. The Morgan fingerprint density at radius 3 is 2.69 bits per heavy atom. The van der Waals surface area contributed by atoms with Crippen LogP contribution in [0.4, 0.5) is 0 Å². The Kier molecular flexibility index (Phi) is 2.59. The Labute approximate surface area is 98.6 Å². The van der Waals surface area contributed by atoms with Crippen molar-refractivity contribution in [1.29, 1.82) is 0 Å². The number of H-pyrrole nitrogens is 2. The molecule has 0 unspecified atom stereocenters. The zero-order valence-electron chi connectivity index (χ0n) is 8.68. The number of halogens is 1. The van der Waals surface area contributed by atoms with Crippen molar-refractivity contribution in [3.8, 4) is 5.75 Å². The number of aryl methyl sites for hydroxylation is 1. The number of fused-ring (bicyclic) bond motifs is 1. The number of pyridine rings is 2. The van der Waals surface area contributed by atoms with E-state index < -0.39 is 5.56 Å². The Morgan fingerprint density at radius 2 is 2.06 bits per heavy atom. The highest BCUT2D eigenvalue weighted by Crippen LogP contribution is 2.26. The van der Waals surface area contributed by atoms with E-state index in [0.717, 1.165) is 0 Å². The van der Waals surface area contributed by atoms with Gasteiger partial charge >= 0.3 is 0 Å². The summed E-state index contributed by atoms with van der Waals surface area (Å²) in [5, 5.41) is 0.0834. The summed E-state index contributed by atoms with van der Waals surface area (Å²) in [5.41, 5.74) is 0.157. The monoisotopic (exact) mass is 284 g/mol. The van der Waals surface area contributed by atoms with E-state index >= 15 is 0 Å². The highest BCUT2D eigenvalue weighted by Gasteiger charge is 2.14. The third-order valence-corrected chi connectivity index (χ3v) is 2.91. The average Bonchev–Trinajstić information content (AvgIpc) is 2.23. The SMILES string of the molecule is COc1c(Br)[nH]c(=O)c2c(=O)c(C)c[nH]c12. The summed E-state index contributed by atoms with van der Waals surface area (Å²) in [5.74, 6) is 0.409. The lowest BCUT2D eigenvalue weighted by Gasteiger charge is -2.07. The highest BCUT2D eigenvalue weighted by atomic mass is 79.9. The van der Waals surface area contributed by atoms with Gasteiger partial charge in [0, 0.05) is 11.8 Å². The van der Waals surface area contributed by atoms with E-state index in [0.29, 0.717) is 21.4 Å². The fraction of sp³-hybridized carbons (Fsp3) is 0.200. The lowest BCUT2D eigenvalue weighted by atomic mass is 10.2. The molecule has 6 heteroatoms. The molecule has 0 aliphatic heterocycles. The van der Waals surface area contributed by atoms with Crippen molar-refractivity contribution in [3.63, 3.8) is 0 Å². The van der Waals surface area contributed by atoms with Crippen LogP contribution in [0, 0.1) is 6.92 Å². The molecule has 2 N–H and O–H groups in total. The van der Waals surface area contributed by atoms with Gasteiger partial charge in [0.1, 0.15) is 15.5 Å². The van der Waals surface area contributed by atoms with Crippen LogP contribution in [0.1, 0.15) is 5.56 Å². The van der Waals surface area contributed by atoms with Crippen molar-refractivity contribution < 1.29 is 4.74 Å². The van der Waals surface area contributed by atoms with Crippen molar-refractivity contribution in [2.24, 2.45) is 0 Å².